The lowest BCUT2D eigenvalue weighted by molar-refractivity contribution is -0.137. The first-order valence-electron chi connectivity index (χ1n) is 12.5. The number of carbonyl (C=O) groups is 2. The summed E-state index contributed by atoms with van der Waals surface area (Å²) in [5.41, 5.74) is 0.323. The Bertz CT molecular complexity index is 1010. The van der Waals surface area contributed by atoms with Crippen molar-refractivity contribution in [3.8, 4) is 0 Å². The zero-order valence-electron chi connectivity index (χ0n) is 20.6. The van der Waals surface area contributed by atoms with Crippen molar-refractivity contribution in [3.05, 3.63) is 65.7 Å². The Labute approximate surface area is 210 Å². The third-order valence-corrected chi connectivity index (χ3v) is 7.12. The normalized spacial score (nSPS) is 18.3. The summed E-state index contributed by atoms with van der Waals surface area (Å²) in [5.74, 6) is -0.206. The lowest BCUT2D eigenvalue weighted by Crippen LogP contribution is -2.50. The van der Waals surface area contributed by atoms with Crippen molar-refractivity contribution in [2.45, 2.75) is 31.5 Å². The van der Waals surface area contributed by atoms with Crippen LogP contribution in [0.2, 0.25) is 0 Å². The van der Waals surface area contributed by atoms with Gasteiger partial charge in [0, 0.05) is 69.5 Å². The van der Waals surface area contributed by atoms with Crippen LogP contribution in [0.5, 0.6) is 0 Å². The number of alkyl halides is 3. The predicted molar refractivity (Wildman–Crippen MR) is 133 cm³/mol. The third-order valence-electron chi connectivity index (χ3n) is 7.12. The van der Waals surface area contributed by atoms with E-state index in [1.807, 2.05) is 35.2 Å². The molecule has 0 aliphatic carbocycles. The summed E-state index contributed by atoms with van der Waals surface area (Å²) in [4.78, 5) is 34.5. The number of rotatable bonds is 6. The number of likely N-dealkylation sites (tertiary alicyclic amines) is 1. The highest BCUT2D eigenvalue weighted by molar-refractivity contribution is 5.95. The summed E-state index contributed by atoms with van der Waals surface area (Å²) in [6, 6.07) is 13.9. The van der Waals surface area contributed by atoms with Crippen molar-refractivity contribution in [1.29, 1.82) is 0 Å². The molecule has 0 bridgehead atoms. The second-order valence-electron chi connectivity index (χ2n) is 9.59. The van der Waals surface area contributed by atoms with Crippen LogP contribution in [0.15, 0.2) is 54.6 Å². The average Bonchev–Trinajstić information content (AvgIpc) is 2.89. The second kappa shape index (κ2) is 11.4. The van der Waals surface area contributed by atoms with E-state index >= 15 is 0 Å². The van der Waals surface area contributed by atoms with Gasteiger partial charge in [0.05, 0.1) is 5.56 Å². The molecule has 0 spiro atoms. The molecule has 0 radical (unpaired) electrons. The largest absolute Gasteiger partial charge is 0.416 e. The van der Waals surface area contributed by atoms with E-state index in [0.717, 1.165) is 50.5 Å². The fraction of sp³-hybridized carbons (Fsp3) is 0.481. The second-order valence-corrected chi connectivity index (χ2v) is 9.59. The number of nitrogens with zero attached hydrogens (tertiary/aromatic N) is 4. The van der Waals surface area contributed by atoms with Crippen LogP contribution >= 0.6 is 0 Å². The van der Waals surface area contributed by atoms with Crippen molar-refractivity contribution in [2.24, 2.45) is 0 Å². The van der Waals surface area contributed by atoms with Gasteiger partial charge in [-0.3, -0.25) is 9.59 Å². The summed E-state index contributed by atoms with van der Waals surface area (Å²) in [5, 5.41) is 0. The Morgan fingerprint density at radius 1 is 0.889 bits per heavy atom. The highest BCUT2D eigenvalue weighted by Crippen LogP contribution is 2.30. The number of carbonyl (C=O) groups excluding carboxylic acids is 2. The average molecular weight is 503 g/mol. The van der Waals surface area contributed by atoms with Gasteiger partial charge >= 0.3 is 6.18 Å². The van der Waals surface area contributed by atoms with Gasteiger partial charge in [-0.25, -0.2) is 0 Å². The van der Waals surface area contributed by atoms with E-state index in [2.05, 4.69) is 16.8 Å². The van der Waals surface area contributed by atoms with Crippen LogP contribution in [0.4, 0.5) is 18.9 Å². The Morgan fingerprint density at radius 3 is 2.08 bits per heavy atom. The molecular weight excluding hydrogens is 469 g/mol. The van der Waals surface area contributed by atoms with E-state index in [4.69, 9.17) is 0 Å². The lowest BCUT2D eigenvalue weighted by Gasteiger charge is -2.39. The molecule has 194 valence electrons. The molecule has 2 aliphatic heterocycles. The van der Waals surface area contributed by atoms with Crippen LogP contribution in [-0.2, 0) is 11.0 Å². The number of piperazine rings is 1. The SMILES string of the molecule is CN1CCN(CCC(=O)N(c2ccccc2)C2CCN(C(=O)c3ccc(C(F)(F)F)cc3)CC2)CC1. The minimum absolute atomic E-state index is 0.0379. The monoisotopic (exact) mass is 502 g/mol. The minimum Gasteiger partial charge on any atom is -0.338 e. The summed E-state index contributed by atoms with van der Waals surface area (Å²) in [6.07, 6.45) is -2.77. The molecule has 2 aromatic carbocycles. The van der Waals surface area contributed by atoms with Crippen molar-refractivity contribution >= 4 is 17.5 Å². The van der Waals surface area contributed by atoms with Gasteiger partial charge in [-0.15, -0.1) is 0 Å². The van der Waals surface area contributed by atoms with E-state index in [0.29, 0.717) is 32.4 Å². The number of para-hydroxylation sites is 1. The number of likely N-dealkylation sites (N-methyl/N-ethyl adjacent to an activating group) is 1. The number of hydrogen-bond acceptors (Lipinski definition) is 4. The first kappa shape index (κ1) is 26.2. The van der Waals surface area contributed by atoms with Gasteiger partial charge in [0.1, 0.15) is 0 Å². The van der Waals surface area contributed by atoms with Crippen LogP contribution in [0.25, 0.3) is 0 Å². The van der Waals surface area contributed by atoms with E-state index in [1.165, 1.54) is 12.1 Å². The van der Waals surface area contributed by atoms with E-state index < -0.39 is 11.7 Å². The number of benzene rings is 2. The predicted octanol–water partition coefficient (Wildman–Crippen LogP) is 3.98. The number of amides is 2. The van der Waals surface area contributed by atoms with Crippen LogP contribution in [0.3, 0.4) is 0 Å². The van der Waals surface area contributed by atoms with Crippen LogP contribution in [-0.4, -0.2) is 85.4 Å². The molecule has 2 fully saturated rings. The molecule has 2 aromatic rings. The molecule has 0 saturated carbocycles. The molecule has 36 heavy (non-hydrogen) atoms. The number of anilines is 1. The van der Waals surface area contributed by atoms with Gasteiger partial charge in [0.25, 0.3) is 5.91 Å². The number of piperidine rings is 1. The number of hydrogen-bond donors (Lipinski definition) is 0. The summed E-state index contributed by atoms with van der Waals surface area (Å²) in [6.45, 7) is 5.53. The number of halogens is 3. The Hall–Kier alpha value is -2.91. The first-order valence-corrected chi connectivity index (χ1v) is 12.5. The van der Waals surface area contributed by atoms with Crippen molar-refractivity contribution in [3.63, 3.8) is 0 Å². The molecule has 0 aromatic heterocycles. The van der Waals surface area contributed by atoms with Gasteiger partial charge in [0.2, 0.25) is 5.91 Å². The van der Waals surface area contributed by atoms with Crippen LogP contribution in [0.1, 0.15) is 35.2 Å². The lowest BCUT2D eigenvalue weighted by atomic mass is 10.00. The Balaban J connectivity index is 1.38. The summed E-state index contributed by atoms with van der Waals surface area (Å²) >= 11 is 0. The molecule has 0 atom stereocenters. The summed E-state index contributed by atoms with van der Waals surface area (Å²) in [7, 11) is 2.11. The highest BCUT2D eigenvalue weighted by Gasteiger charge is 2.33. The van der Waals surface area contributed by atoms with Crippen LogP contribution < -0.4 is 4.90 Å². The third kappa shape index (κ3) is 6.44. The molecule has 2 aliphatic rings. The van der Waals surface area contributed by atoms with Gasteiger partial charge in [-0.2, -0.15) is 13.2 Å². The standard InChI is InChI=1S/C27H33F3N4O2/c1-31-17-19-32(20-18-31)14-13-25(35)34(23-5-3-2-4-6-23)24-11-15-33(16-12-24)26(36)21-7-9-22(10-8-21)27(28,29)30/h2-10,24H,11-20H2,1H3. The molecule has 4 rings (SSSR count). The summed E-state index contributed by atoms with van der Waals surface area (Å²) < 4.78 is 38.5. The fourth-order valence-corrected chi connectivity index (χ4v) is 4.90. The zero-order chi connectivity index (χ0) is 25.7. The van der Waals surface area contributed by atoms with E-state index in [-0.39, 0.29) is 23.4 Å². The molecule has 6 nitrogen and oxygen atoms in total. The molecule has 2 saturated heterocycles. The smallest absolute Gasteiger partial charge is 0.338 e. The molecule has 2 heterocycles. The van der Waals surface area contributed by atoms with Gasteiger partial charge in [-0.1, -0.05) is 18.2 Å². The quantitative estimate of drug-likeness (QED) is 0.600. The van der Waals surface area contributed by atoms with Gasteiger partial charge < -0.3 is 19.6 Å². The van der Waals surface area contributed by atoms with Crippen molar-refractivity contribution in [2.75, 3.05) is 57.8 Å². The maximum Gasteiger partial charge on any atom is 0.416 e. The fourth-order valence-electron chi connectivity index (χ4n) is 4.90. The maximum atomic E-state index is 13.4. The highest BCUT2D eigenvalue weighted by atomic mass is 19.4. The Morgan fingerprint density at radius 2 is 1.50 bits per heavy atom. The Kier molecular flexibility index (Phi) is 8.31. The molecule has 0 unspecified atom stereocenters. The van der Waals surface area contributed by atoms with Crippen molar-refractivity contribution < 1.29 is 22.8 Å². The van der Waals surface area contributed by atoms with Gasteiger partial charge in [-0.05, 0) is 56.3 Å². The van der Waals surface area contributed by atoms with E-state index in [9.17, 15) is 22.8 Å². The minimum atomic E-state index is -4.43. The van der Waals surface area contributed by atoms with Crippen molar-refractivity contribution in [1.82, 2.24) is 14.7 Å². The molecule has 0 N–H and O–H groups in total. The first-order chi connectivity index (χ1) is 17.2. The van der Waals surface area contributed by atoms with Gasteiger partial charge in [0.15, 0.2) is 0 Å². The molecule has 2 amide bonds. The maximum absolute atomic E-state index is 13.4. The van der Waals surface area contributed by atoms with Crippen LogP contribution in [0, 0.1) is 0 Å². The zero-order valence-corrected chi connectivity index (χ0v) is 20.6. The van der Waals surface area contributed by atoms with E-state index in [1.54, 1.807) is 4.90 Å². The molecular formula is C27H33F3N4O2. The topological polar surface area (TPSA) is 47.1 Å². The molecule has 9 heteroatoms.